The number of hydrogen-bond donors (Lipinski definition) is 3. The molecular weight excluding hydrogens is 250 g/mol. The number of nitrogens with two attached hydrogens (primary N) is 1. The van der Waals surface area contributed by atoms with Crippen molar-refractivity contribution < 1.29 is 4.74 Å². The van der Waals surface area contributed by atoms with Gasteiger partial charge in [-0.1, -0.05) is 0 Å². The average molecular weight is 271 g/mol. The van der Waals surface area contributed by atoms with Crippen molar-refractivity contribution in [3.05, 3.63) is 16.1 Å². The molecule has 1 rings (SSSR count). The number of nitrogens with one attached hydrogen (secondary N) is 2. The van der Waals surface area contributed by atoms with E-state index in [0.717, 1.165) is 17.1 Å². The summed E-state index contributed by atoms with van der Waals surface area (Å²) >= 11 is 1.66. The SMILES string of the molecule is COCC(C)NC(=NCCc1nc(C)cs1)NN. The van der Waals surface area contributed by atoms with Gasteiger partial charge in [0.05, 0.1) is 11.6 Å². The molecule has 1 atom stereocenters. The standard InChI is InChI=1S/C11H21N5OS/c1-8(6-17-3)15-11(16-12)13-5-4-10-14-9(2)7-18-10/h7-8H,4-6,12H2,1-3H3,(H2,13,15,16). The van der Waals surface area contributed by atoms with Gasteiger partial charge in [-0.2, -0.15) is 0 Å². The molecule has 18 heavy (non-hydrogen) atoms. The van der Waals surface area contributed by atoms with E-state index >= 15 is 0 Å². The summed E-state index contributed by atoms with van der Waals surface area (Å²) in [7, 11) is 1.66. The first-order valence-corrected chi connectivity index (χ1v) is 6.71. The first kappa shape index (κ1) is 14.9. The Morgan fingerprint density at radius 2 is 2.44 bits per heavy atom. The molecule has 0 saturated heterocycles. The molecule has 0 amide bonds. The molecule has 1 aromatic heterocycles. The quantitative estimate of drug-likeness (QED) is 0.302. The van der Waals surface area contributed by atoms with Crippen molar-refractivity contribution in [2.45, 2.75) is 26.3 Å². The van der Waals surface area contributed by atoms with Crippen LogP contribution in [-0.4, -0.2) is 37.2 Å². The number of aromatic nitrogens is 1. The van der Waals surface area contributed by atoms with Crippen molar-refractivity contribution in [2.75, 3.05) is 20.3 Å². The van der Waals surface area contributed by atoms with Crippen LogP contribution in [0.3, 0.4) is 0 Å². The lowest BCUT2D eigenvalue weighted by Gasteiger charge is -2.15. The van der Waals surface area contributed by atoms with Gasteiger partial charge in [-0.25, -0.2) is 10.8 Å². The van der Waals surface area contributed by atoms with Crippen LogP contribution in [0, 0.1) is 6.92 Å². The zero-order chi connectivity index (χ0) is 13.4. The van der Waals surface area contributed by atoms with E-state index in [-0.39, 0.29) is 6.04 Å². The molecular formula is C11H21N5OS. The number of rotatable bonds is 6. The topological polar surface area (TPSA) is 84.6 Å². The lowest BCUT2D eigenvalue weighted by atomic mass is 10.4. The Morgan fingerprint density at radius 3 is 3.00 bits per heavy atom. The smallest absolute Gasteiger partial charge is 0.206 e. The van der Waals surface area contributed by atoms with Gasteiger partial charge >= 0.3 is 0 Å². The number of methoxy groups -OCH3 is 1. The Bertz CT molecular complexity index is 379. The van der Waals surface area contributed by atoms with Crippen LogP contribution in [0.5, 0.6) is 0 Å². The highest BCUT2D eigenvalue weighted by atomic mass is 32.1. The van der Waals surface area contributed by atoms with Gasteiger partial charge in [0.15, 0.2) is 0 Å². The number of nitrogens with zero attached hydrogens (tertiary/aromatic N) is 2. The third-order valence-corrected chi connectivity index (χ3v) is 3.23. The summed E-state index contributed by atoms with van der Waals surface area (Å²) in [5, 5.41) is 6.27. The van der Waals surface area contributed by atoms with Crippen LogP contribution < -0.4 is 16.6 Å². The predicted molar refractivity (Wildman–Crippen MR) is 74.7 cm³/mol. The van der Waals surface area contributed by atoms with Gasteiger partial charge in [0.1, 0.15) is 0 Å². The van der Waals surface area contributed by atoms with E-state index in [9.17, 15) is 0 Å². The molecule has 0 aliphatic rings. The van der Waals surface area contributed by atoms with Crippen LogP contribution in [0.15, 0.2) is 10.4 Å². The second kappa shape index (κ2) is 8.02. The Hall–Kier alpha value is -1.18. The maximum atomic E-state index is 5.40. The Kier molecular flexibility index (Phi) is 6.63. The maximum Gasteiger partial charge on any atom is 0.206 e. The van der Waals surface area contributed by atoms with Crippen LogP contribution in [0.4, 0.5) is 0 Å². The maximum absolute atomic E-state index is 5.40. The monoisotopic (exact) mass is 271 g/mol. The molecule has 1 heterocycles. The highest BCUT2D eigenvalue weighted by Gasteiger charge is 2.04. The summed E-state index contributed by atoms with van der Waals surface area (Å²) in [6, 6.07) is 0.159. The van der Waals surface area contributed by atoms with Crippen molar-refractivity contribution in [3.63, 3.8) is 0 Å². The predicted octanol–water partition coefficient (Wildman–Crippen LogP) is 0.438. The first-order valence-electron chi connectivity index (χ1n) is 5.83. The number of thiazole rings is 1. The molecule has 0 fully saturated rings. The summed E-state index contributed by atoms with van der Waals surface area (Å²) < 4.78 is 5.03. The van der Waals surface area contributed by atoms with Gasteiger partial charge in [0, 0.05) is 37.2 Å². The largest absolute Gasteiger partial charge is 0.383 e. The molecule has 4 N–H and O–H groups in total. The lowest BCUT2D eigenvalue weighted by Crippen LogP contribution is -2.47. The van der Waals surface area contributed by atoms with Gasteiger partial charge < -0.3 is 10.1 Å². The van der Waals surface area contributed by atoms with Crippen LogP contribution in [-0.2, 0) is 11.2 Å². The minimum absolute atomic E-state index is 0.159. The van der Waals surface area contributed by atoms with Gasteiger partial charge in [-0.15, -0.1) is 11.3 Å². The van der Waals surface area contributed by atoms with Gasteiger partial charge in [-0.3, -0.25) is 10.4 Å². The van der Waals surface area contributed by atoms with E-state index in [2.05, 4.69) is 20.7 Å². The number of guanidine groups is 1. The zero-order valence-corrected chi connectivity index (χ0v) is 11.9. The van der Waals surface area contributed by atoms with Crippen LogP contribution in [0.25, 0.3) is 0 Å². The fourth-order valence-electron chi connectivity index (χ4n) is 1.44. The number of aryl methyl sites for hydroxylation is 1. The number of aliphatic imine (C=N–C) groups is 1. The van der Waals surface area contributed by atoms with E-state index < -0.39 is 0 Å². The molecule has 0 aromatic carbocycles. The molecule has 6 nitrogen and oxygen atoms in total. The first-order chi connectivity index (χ1) is 8.65. The molecule has 0 aliphatic carbocycles. The lowest BCUT2D eigenvalue weighted by molar-refractivity contribution is 0.179. The summed E-state index contributed by atoms with van der Waals surface area (Å²) in [4.78, 5) is 8.73. The van der Waals surface area contributed by atoms with Crippen molar-refractivity contribution in [1.82, 2.24) is 15.7 Å². The highest BCUT2D eigenvalue weighted by Crippen LogP contribution is 2.08. The fraction of sp³-hybridized carbons (Fsp3) is 0.636. The fourth-order valence-corrected chi connectivity index (χ4v) is 2.20. The number of hydrazine groups is 1. The summed E-state index contributed by atoms with van der Waals surface area (Å²) in [6.07, 6.45) is 0.823. The number of hydrogen-bond acceptors (Lipinski definition) is 5. The molecule has 7 heteroatoms. The summed E-state index contributed by atoms with van der Waals surface area (Å²) in [5.41, 5.74) is 3.61. The van der Waals surface area contributed by atoms with Crippen LogP contribution >= 0.6 is 11.3 Å². The molecule has 1 aromatic rings. The zero-order valence-electron chi connectivity index (χ0n) is 11.1. The van der Waals surface area contributed by atoms with Crippen molar-refractivity contribution in [3.8, 4) is 0 Å². The Morgan fingerprint density at radius 1 is 1.67 bits per heavy atom. The van der Waals surface area contributed by atoms with E-state index in [1.54, 1.807) is 18.4 Å². The molecule has 0 saturated carbocycles. The van der Waals surface area contributed by atoms with Crippen LogP contribution in [0.1, 0.15) is 17.6 Å². The Labute approximate surface area is 112 Å². The molecule has 0 spiro atoms. The molecule has 1 unspecified atom stereocenters. The van der Waals surface area contributed by atoms with E-state index in [4.69, 9.17) is 10.6 Å². The summed E-state index contributed by atoms with van der Waals surface area (Å²) in [5.74, 6) is 5.98. The van der Waals surface area contributed by atoms with Crippen molar-refractivity contribution in [2.24, 2.45) is 10.8 Å². The van der Waals surface area contributed by atoms with Crippen LogP contribution in [0.2, 0.25) is 0 Å². The number of ether oxygens (including phenoxy) is 1. The molecule has 102 valence electrons. The second-order valence-corrected chi connectivity index (χ2v) is 4.95. The van der Waals surface area contributed by atoms with Gasteiger partial charge in [0.2, 0.25) is 5.96 Å². The Balaban J connectivity index is 2.37. The van der Waals surface area contributed by atoms with Crippen molar-refractivity contribution >= 4 is 17.3 Å². The molecule has 0 bridgehead atoms. The van der Waals surface area contributed by atoms with E-state index in [0.29, 0.717) is 19.1 Å². The van der Waals surface area contributed by atoms with Gasteiger partial charge in [-0.05, 0) is 13.8 Å². The molecule has 0 radical (unpaired) electrons. The van der Waals surface area contributed by atoms with E-state index in [1.807, 2.05) is 19.2 Å². The molecule has 0 aliphatic heterocycles. The third kappa shape index (κ3) is 5.44. The minimum atomic E-state index is 0.159. The second-order valence-electron chi connectivity index (χ2n) is 4.01. The normalized spacial score (nSPS) is 13.4. The summed E-state index contributed by atoms with van der Waals surface area (Å²) in [6.45, 7) is 5.25. The average Bonchev–Trinajstić information content (AvgIpc) is 2.74. The van der Waals surface area contributed by atoms with Crippen molar-refractivity contribution in [1.29, 1.82) is 0 Å². The highest BCUT2D eigenvalue weighted by molar-refractivity contribution is 7.09. The van der Waals surface area contributed by atoms with E-state index in [1.165, 1.54) is 0 Å². The minimum Gasteiger partial charge on any atom is -0.383 e. The third-order valence-electron chi connectivity index (χ3n) is 2.20. The van der Waals surface area contributed by atoms with Gasteiger partial charge in [0.25, 0.3) is 0 Å².